The van der Waals surface area contributed by atoms with Gasteiger partial charge in [0.15, 0.2) is 17.6 Å². The van der Waals surface area contributed by atoms with Crippen molar-refractivity contribution in [2.75, 3.05) is 27.4 Å². The fraction of sp³-hybridized carbons (Fsp3) is 0.452. The summed E-state index contributed by atoms with van der Waals surface area (Å²) in [5.41, 5.74) is 2.04. The van der Waals surface area contributed by atoms with Crippen LogP contribution in [0.2, 0.25) is 0 Å². The van der Waals surface area contributed by atoms with E-state index in [2.05, 4.69) is 0 Å². The molecular formula is C31H40O8. The number of Topliss-reactive ketones (excluding diaryl/α,β-unsaturated/α-hetero) is 1. The van der Waals surface area contributed by atoms with E-state index in [9.17, 15) is 14.4 Å². The normalized spacial score (nSPS) is 11.9. The highest BCUT2D eigenvalue weighted by atomic mass is 16.6. The quantitative estimate of drug-likeness (QED) is 0.205. The number of esters is 2. The summed E-state index contributed by atoms with van der Waals surface area (Å²) < 4.78 is 27.6. The zero-order chi connectivity index (χ0) is 28.9. The molecule has 0 fully saturated rings. The third-order valence-electron chi connectivity index (χ3n) is 5.64. The molecule has 0 aliphatic rings. The number of hydrogen-bond acceptors (Lipinski definition) is 8. The lowest BCUT2D eigenvalue weighted by Crippen LogP contribution is -2.34. The largest absolute Gasteiger partial charge is 0.496 e. The number of aryl methyl sites for hydroxylation is 1. The molecule has 8 heteroatoms. The number of carbonyl (C=O) groups excluding carboxylic acids is 3. The van der Waals surface area contributed by atoms with Gasteiger partial charge in [0.1, 0.15) is 19.0 Å². The van der Waals surface area contributed by atoms with Crippen LogP contribution in [0.1, 0.15) is 62.0 Å². The van der Waals surface area contributed by atoms with Gasteiger partial charge in [-0.3, -0.25) is 14.4 Å². The molecule has 0 amide bonds. The van der Waals surface area contributed by atoms with Gasteiger partial charge in [-0.15, -0.1) is 0 Å². The van der Waals surface area contributed by atoms with E-state index in [4.69, 9.17) is 23.7 Å². The highest BCUT2D eigenvalue weighted by Gasteiger charge is 2.26. The second-order valence-corrected chi connectivity index (χ2v) is 10.0. The maximum Gasteiger partial charge on any atom is 0.306 e. The molecule has 1 atom stereocenters. The molecule has 2 aromatic rings. The van der Waals surface area contributed by atoms with E-state index in [0.717, 1.165) is 11.1 Å². The lowest BCUT2D eigenvalue weighted by Gasteiger charge is -2.20. The van der Waals surface area contributed by atoms with E-state index in [-0.39, 0.29) is 43.2 Å². The van der Waals surface area contributed by atoms with Gasteiger partial charge in [0.05, 0.1) is 14.2 Å². The van der Waals surface area contributed by atoms with Crippen LogP contribution in [0, 0.1) is 18.8 Å². The zero-order valence-corrected chi connectivity index (χ0v) is 23.9. The van der Waals surface area contributed by atoms with Crippen LogP contribution in [-0.2, 0) is 19.1 Å². The lowest BCUT2D eigenvalue weighted by atomic mass is 10.0. The van der Waals surface area contributed by atoms with Crippen molar-refractivity contribution < 1.29 is 38.1 Å². The minimum absolute atomic E-state index is 0.119. The van der Waals surface area contributed by atoms with Crippen LogP contribution in [0.25, 0.3) is 6.08 Å². The Morgan fingerprint density at radius 1 is 0.795 bits per heavy atom. The maximum absolute atomic E-state index is 13.5. The smallest absolute Gasteiger partial charge is 0.306 e. The van der Waals surface area contributed by atoms with Crippen molar-refractivity contribution in [2.45, 2.75) is 53.6 Å². The Hall–Kier alpha value is -3.81. The minimum Gasteiger partial charge on any atom is -0.496 e. The molecule has 212 valence electrons. The fourth-order valence-corrected chi connectivity index (χ4v) is 3.64. The van der Waals surface area contributed by atoms with Gasteiger partial charge >= 0.3 is 11.9 Å². The predicted octanol–water partition coefficient (Wildman–Crippen LogP) is 5.83. The standard InChI is InChI=1S/C31H40O8/c1-20(2)15-29(32)37-14-8-9-23-11-13-25(27(17-23)36-7)39-28(19-38-30(33)16-21(3)4)31(34)24-12-10-22(5)26(18-24)35-6/h8-13,17-18,20-21,28H,14-16,19H2,1-7H3/b9-8+/t28-/m1/s1. The third-order valence-corrected chi connectivity index (χ3v) is 5.64. The Morgan fingerprint density at radius 2 is 1.44 bits per heavy atom. The molecule has 0 aliphatic carbocycles. The Kier molecular flexibility index (Phi) is 12.5. The van der Waals surface area contributed by atoms with Crippen LogP contribution in [0.15, 0.2) is 42.5 Å². The first kappa shape index (κ1) is 31.4. The zero-order valence-electron chi connectivity index (χ0n) is 23.9. The van der Waals surface area contributed by atoms with Gasteiger partial charge in [-0.25, -0.2) is 0 Å². The molecule has 8 nitrogen and oxygen atoms in total. The highest BCUT2D eigenvalue weighted by Crippen LogP contribution is 2.30. The first-order chi connectivity index (χ1) is 18.5. The Balaban J connectivity index is 2.22. The molecule has 0 bridgehead atoms. The van der Waals surface area contributed by atoms with E-state index in [0.29, 0.717) is 29.2 Å². The number of benzene rings is 2. The van der Waals surface area contributed by atoms with Crippen LogP contribution in [0.4, 0.5) is 0 Å². The molecule has 0 heterocycles. The van der Waals surface area contributed by atoms with Crippen molar-refractivity contribution in [1.82, 2.24) is 0 Å². The fourth-order valence-electron chi connectivity index (χ4n) is 3.64. The SMILES string of the molecule is COc1cc(C(=O)[C@@H](COC(=O)CC(C)C)Oc2ccc(/C=C/COC(=O)CC(C)C)cc2OC)ccc1C. The summed E-state index contributed by atoms with van der Waals surface area (Å²) in [5.74, 6) is 0.618. The summed E-state index contributed by atoms with van der Waals surface area (Å²) >= 11 is 0. The second-order valence-electron chi connectivity index (χ2n) is 10.0. The molecule has 0 saturated heterocycles. The van der Waals surface area contributed by atoms with E-state index in [1.165, 1.54) is 14.2 Å². The van der Waals surface area contributed by atoms with Crippen molar-refractivity contribution in [3.8, 4) is 17.2 Å². The van der Waals surface area contributed by atoms with Crippen molar-refractivity contribution in [3.63, 3.8) is 0 Å². The van der Waals surface area contributed by atoms with Crippen LogP contribution in [0.3, 0.4) is 0 Å². The highest BCUT2D eigenvalue weighted by molar-refractivity contribution is 6.00. The van der Waals surface area contributed by atoms with E-state index >= 15 is 0 Å². The summed E-state index contributed by atoms with van der Waals surface area (Å²) in [6, 6.07) is 10.3. The van der Waals surface area contributed by atoms with Gasteiger partial charge in [-0.2, -0.15) is 0 Å². The maximum atomic E-state index is 13.5. The average molecular weight is 541 g/mol. The van der Waals surface area contributed by atoms with Gasteiger partial charge in [0.25, 0.3) is 0 Å². The Morgan fingerprint density at radius 3 is 2.05 bits per heavy atom. The molecule has 0 saturated carbocycles. The van der Waals surface area contributed by atoms with Gasteiger partial charge in [0.2, 0.25) is 5.78 Å². The topological polar surface area (TPSA) is 97.4 Å². The molecular weight excluding hydrogens is 500 g/mol. The summed E-state index contributed by atoms with van der Waals surface area (Å²) in [5, 5.41) is 0. The molecule has 39 heavy (non-hydrogen) atoms. The molecule has 0 unspecified atom stereocenters. The summed E-state index contributed by atoms with van der Waals surface area (Å²) in [6.45, 7) is 9.52. The second kappa shape index (κ2) is 15.6. The lowest BCUT2D eigenvalue weighted by molar-refractivity contribution is -0.146. The Bertz CT molecular complexity index is 1150. The number of hydrogen-bond donors (Lipinski definition) is 0. The van der Waals surface area contributed by atoms with Crippen molar-refractivity contribution in [1.29, 1.82) is 0 Å². The minimum atomic E-state index is -1.11. The first-order valence-electron chi connectivity index (χ1n) is 13.0. The number of carbonyl (C=O) groups is 3. The van der Waals surface area contributed by atoms with Gasteiger partial charge in [0, 0.05) is 18.4 Å². The van der Waals surface area contributed by atoms with Crippen LogP contribution >= 0.6 is 0 Å². The Labute approximate surface area is 231 Å². The molecule has 2 rings (SSSR count). The van der Waals surface area contributed by atoms with Gasteiger partial charge in [-0.05, 0) is 54.2 Å². The monoisotopic (exact) mass is 540 g/mol. The summed E-state index contributed by atoms with van der Waals surface area (Å²) in [7, 11) is 3.03. The van der Waals surface area contributed by atoms with Crippen molar-refractivity contribution in [2.24, 2.45) is 11.8 Å². The van der Waals surface area contributed by atoms with E-state index in [1.54, 1.807) is 48.6 Å². The summed E-state index contributed by atoms with van der Waals surface area (Å²) in [6.07, 6.45) is 3.03. The molecule has 0 aliphatic heterocycles. The first-order valence-corrected chi connectivity index (χ1v) is 13.0. The predicted molar refractivity (Wildman–Crippen MR) is 149 cm³/mol. The van der Waals surface area contributed by atoms with Crippen molar-refractivity contribution in [3.05, 3.63) is 59.2 Å². The molecule has 0 N–H and O–H groups in total. The third kappa shape index (κ3) is 10.5. The van der Waals surface area contributed by atoms with Crippen LogP contribution in [0.5, 0.6) is 17.2 Å². The molecule has 0 radical (unpaired) electrons. The van der Waals surface area contributed by atoms with Gasteiger partial charge in [-0.1, -0.05) is 52.0 Å². The van der Waals surface area contributed by atoms with Gasteiger partial charge < -0.3 is 23.7 Å². The number of ether oxygens (including phenoxy) is 5. The summed E-state index contributed by atoms with van der Waals surface area (Å²) in [4.78, 5) is 37.4. The molecule has 2 aromatic carbocycles. The van der Waals surface area contributed by atoms with E-state index < -0.39 is 12.1 Å². The van der Waals surface area contributed by atoms with Crippen molar-refractivity contribution >= 4 is 23.8 Å². The van der Waals surface area contributed by atoms with E-state index in [1.807, 2.05) is 34.6 Å². The number of ketones is 1. The molecule has 0 aromatic heterocycles. The number of rotatable bonds is 15. The van der Waals surface area contributed by atoms with Crippen LogP contribution in [-0.4, -0.2) is 51.3 Å². The van der Waals surface area contributed by atoms with Crippen LogP contribution < -0.4 is 14.2 Å². The number of methoxy groups -OCH3 is 2. The average Bonchev–Trinajstić information content (AvgIpc) is 2.88. The molecule has 0 spiro atoms.